The zero-order chi connectivity index (χ0) is 26.5. The Bertz CT molecular complexity index is 1180. The second-order valence-electron chi connectivity index (χ2n) is 9.22. The average molecular weight is 530 g/mol. The van der Waals surface area contributed by atoms with Crippen LogP contribution < -0.4 is 9.47 Å². The van der Waals surface area contributed by atoms with Crippen LogP contribution in [0.4, 0.5) is 0 Å². The normalized spacial score (nSPS) is 22.7. The minimum absolute atomic E-state index is 0.155. The van der Waals surface area contributed by atoms with Crippen LogP contribution in [0, 0.1) is 5.41 Å². The molecular formula is C29H33Cl2NO4. The van der Waals surface area contributed by atoms with Crippen molar-refractivity contribution in [2.24, 2.45) is 5.41 Å². The monoisotopic (exact) mass is 529 g/mol. The summed E-state index contributed by atoms with van der Waals surface area (Å²) in [4.78, 5) is 15.7. The van der Waals surface area contributed by atoms with E-state index >= 15 is 0 Å². The van der Waals surface area contributed by atoms with Crippen LogP contribution in [0.5, 0.6) is 11.5 Å². The molecule has 0 saturated carbocycles. The first-order valence-corrected chi connectivity index (χ1v) is 12.5. The Morgan fingerprint density at radius 3 is 2.58 bits per heavy atom. The molecule has 1 N–H and O–H groups in total. The van der Waals surface area contributed by atoms with Crippen molar-refractivity contribution in [3.8, 4) is 11.5 Å². The van der Waals surface area contributed by atoms with Gasteiger partial charge in [0, 0.05) is 34.1 Å². The van der Waals surface area contributed by atoms with Crippen molar-refractivity contribution in [2.45, 2.75) is 38.8 Å². The molecule has 1 amide bonds. The van der Waals surface area contributed by atoms with E-state index in [-0.39, 0.29) is 25.0 Å². The highest BCUT2D eigenvalue weighted by Gasteiger charge is 2.49. The highest BCUT2D eigenvalue weighted by Crippen LogP contribution is 2.46. The number of amides is 1. The van der Waals surface area contributed by atoms with Crippen molar-refractivity contribution in [2.75, 3.05) is 20.8 Å². The molecule has 1 aliphatic rings. The van der Waals surface area contributed by atoms with Crippen LogP contribution in [-0.2, 0) is 11.3 Å². The van der Waals surface area contributed by atoms with Crippen LogP contribution >= 0.6 is 23.2 Å². The van der Waals surface area contributed by atoms with Gasteiger partial charge in [-0.2, -0.15) is 0 Å². The summed E-state index contributed by atoms with van der Waals surface area (Å²) in [6.07, 6.45) is 5.84. The van der Waals surface area contributed by atoms with E-state index in [1.807, 2.05) is 49.4 Å². The standard InChI is InChI=1S/C29H33Cl2NO4/c1-6-22(30)12-10-19(2)27-25(20-8-7-9-23(31)14-20)16-29(3,18-33)28(34)32(27)17-21-11-13-24(35-4)15-26(21)36-5/h6-15,25,27,33H,2,16-18H2,1,3-5H3/b12-10-,22-6+/t25-,27-,29?/m1/s1. The quantitative estimate of drug-likeness (QED) is 0.377. The number of piperidine rings is 1. The lowest BCUT2D eigenvalue weighted by molar-refractivity contribution is -0.152. The Balaban J connectivity index is 2.16. The maximum atomic E-state index is 13.9. The Morgan fingerprint density at radius 2 is 1.97 bits per heavy atom. The first-order valence-electron chi connectivity index (χ1n) is 11.7. The number of benzene rings is 2. The molecule has 0 spiro atoms. The number of aliphatic hydroxyl groups is 1. The molecule has 3 rings (SSSR count). The minimum Gasteiger partial charge on any atom is -0.497 e. The van der Waals surface area contributed by atoms with Gasteiger partial charge in [0.05, 0.1) is 32.3 Å². The fraction of sp³-hybridized carbons (Fsp3) is 0.345. The molecule has 0 radical (unpaired) electrons. The zero-order valence-corrected chi connectivity index (χ0v) is 22.6. The molecule has 1 heterocycles. The second kappa shape index (κ2) is 12.0. The number of aliphatic hydroxyl groups excluding tert-OH is 1. The van der Waals surface area contributed by atoms with E-state index in [9.17, 15) is 9.90 Å². The SMILES string of the molecule is C=C(/C=C\C(Cl)=C/C)[C@@H]1[C@@H](c2cccc(Cl)c2)CC(C)(CO)C(=O)N1Cc1ccc(OC)cc1OC. The third-order valence-electron chi connectivity index (χ3n) is 6.74. The molecule has 0 aromatic heterocycles. The summed E-state index contributed by atoms with van der Waals surface area (Å²) >= 11 is 12.6. The topological polar surface area (TPSA) is 59.0 Å². The van der Waals surface area contributed by atoms with Crippen LogP contribution in [0.3, 0.4) is 0 Å². The predicted octanol–water partition coefficient (Wildman–Crippen LogP) is 6.50. The van der Waals surface area contributed by atoms with E-state index in [2.05, 4.69) is 6.58 Å². The Labute approximate surface area is 223 Å². The van der Waals surface area contributed by atoms with Crippen molar-refractivity contribution in [1.82, 2.24) is 4.90 Å². The van der Waals surface area contributed by atoms with E-state index in [1.165, 1.54) is 0 Å². The largest absolute Gasteiger partial charge is 0.497 e. The van der Waals surface area contributed by atoms with Gasteiger partial charge < -0.3 is 19.5 Å². The minimum atomic E-state index is -0.978. The van der Waals surface area contributed by atoms with Crippen molar-refractivity contribution < 1.29 is 19.4 Å². The fourth-order valence-corrected chi connectivity index (χ4v) is 4.98. The number of rotatable bonds is 9. The molecule has 1 aliphatic heterocycles. The van der Waals surface area contributed by atoms with Gasteiger partial charge in [-0.1, -0.05) is 54.1 Å². The number of carbonyl (C=O) groups is 1. The van der Waals surface area contributed by atoms with E-state index in [4.69, 9.17) is 32.7 Å². The number of halogens is 2. The smallest absolute Gasteiger partial charge is 0.231 e. The number of hydrogen-bond donors (Lipinski definition) is 1. The molecule has 0 bridgehead atoms. The van der Waals surface area contributed by atoms with Gasteiger partial charge in [0.25, 0.3) is 0 Å². The molecule has 7 heteroatoms. The van der Waals surface area contributed by atoms with Gasteiger partial charge in [0.2, 0.25) is 5.91 Å². The summed E-state index contributed by atoms with van der Waals surface area (Å²) in [5, 5.41) is 11.5. The molecule has 1 fully saturated rings. The first-order chi connectivity index (χ1) is 17.2. The summed E-state index contributed by atoms with van der Waals surface area (Å²) in [5.41, 5.74) is 1.53. The molecule has 1 saturated heterocycles. The number of allylic oxidation sites excluding steroid dienone is 3. The molecule has 36 heavy (non-hydrogen) atoms. The van der Waals surface area contributed by atoms with E-state index < -0.39 is 11.5 Å². The molecule has 0 aliphatic carbocycles. The Hall–Kier alpha value is -2.73. The molecule has 5 nitrogen and oxygen atoms in total. The molecular weight excluding hydrogens is 497 g/mol. The first kappa shape index (κ1) is 27.9. The van der Waals surface area contributed by atoms with Gasteiger partial charge in [0.1, 0.15) is 11.5 Å². The van der Waals surface area contributed by atoms with Gasteiger partial charge in [-0.25, -0.2) is 0 Å². The zero-order valence-electron chi connectivity index (χ0n) is 21.1. The van der Waals surface area contributed by atoms with Gasteiger partial charge in [-0.15, -0.1) is 0 Å². The fourth-order valence-electron chi connectivity index (χ4n) is 4.72. The highest BCUT2D eigenvalue weighted by molar-refractivity contribution is 6.31. The molecule has 2 aromatic rings. The lowest BCUT2D eigenvalue weighted by Crippen LogP contribution is -2.57. The van der Waals surface area contributed by atoms with Crippen molar-refractivity contribution in [3.05, 3.63) is 94.0 Å². The van der Waals surface area contributed by atoms with Crippen LogP contribution in [0.15, 0.2) is 77.9 Å². The summed E-state index contributed by atoms with van der Waals surface area (Å²) < 4.78 is 10.9. The molecule has 3 atom stereocenters. The molecule has 192 valence electrons. The lowest BCUT2D eigenvalue weighted by atomic mass is 9.69. The van der Waals surface area contributed by atoms with Crippen LogP contribution in [0.25, 0.3) is 0 Å². The molecule has 2 aromatic carbocycles. The van der Waals surface area contributed by atoms with Crippen LogP contribution in [0.1, 0.15) is 37.3 Å². The number of likely N-dealkylation sites (tertiary alicyclic amines) is 1. The van der Waals surface area contributed by atoms with Gasteiger partial charge in [0.15, 0.2) is 0 Å². The van der Waals surface area contributed by atoms with E-state index in [0.717, 1.165) is 16.7 Å². The summed E-state index contributed by atoms with van der Waals surface area (Å²) in [7, 11) is 3.17. The summed E-state index contributed by atoms with van der Waals surface area (Å²) in [6, 6.07) is 12.7. The average Bonchev–Trinajstić information content (AvgIpc) is 2.89. The van der Waals surface area contributed by atoms with Crippen molar-refractivity contribution in [1.29, 1.82) is 0 Å². The lowest BCUT2D eigenvalue weighted by Gasteiger charge is -2.49. The van der Waals surface area contributed by atoms with Crippen LogP contribution in [0.2, 0.25) is 5.02 Å². The Kier molecular flexibility index (Phi) is 9.29. The number of methoxy groups -OCH3 is 2. The number of nitrogens with zero attached hydrogens (tertiary/aromatic N) is 1. The number of hydrogen-bond acceptors (Lipinski definition) is 4. The highest BCUT2D eigenvalue weighted by atomic mass is 35.5. The van der Waals surface area contributed by atoms with Crippen molar-refractivity contribution >= 4 is 29.1 Å². The van der Waals surface area contributed by atoms with Gasteiger partial charge >= 0.3 is 0 Å². The van der Waals surface area contributed by atoms with Gasteiger partial charge in [-0.3, -0.25) is 4.79 Å². The second-order valence-corrected chi connectivity index (χ2v) is 10.1. The third kappa shape index (κ3) is 5.97. The predicted molar refractivity (Wildman–Crippen MR) is 146 cm³/mol. The maximum absolute atomic E-state index is 13.9. The summed E-state index contributed by atoms with van der Waals surface area (Å²) in [6.45, 7) is 7.97. The maximum Gasteiger partial charge on any atom is 0.231 e. The van der Waals surface area contributed by atoms with E-state index in [0.29, 0.717) is 28.0 Å². The number of carbonyl (C=O) groups excluding carboxylic acids is 1. The van der Waals surface area contributed by atoms with Crippen LogP contribution in [-0.4, -0.2) is 42.8 Å². The van der Waals surface area contributed by atoms with Crippen molar-refractivity contribution in [3.63, 3.8) is 0 Å². The third-order valence-corrected chi connectivity index (χ3v) is 7.32. The van der Waals surface area contributed by atoms with Gasteiger partial charge in [-0.05, 0) is 61.7 Å². The van der Waals surface area contributed by atoms with E-state index in [1.54, 1.807) is 44.3 Å². The summed E-state index contributed by atoms with van der Waals surface area (Å²) in [5.74, 6) is 0.944. The number of ether oxygens (including phenoxy) is 2. The Morgan fingerprint density at radius 1 is 1.22 bits per heavy atom. The molecule has 1 unspecified atom stereocenters.